The lowest BCUT2D eigenvalue weighted by Crippen LogP contribution is -2.03. The van der Waals surface area contributed by atoms with E-state index in [-0.39, 0.29) is 35.1 Å². The van der Waals surface area contributed by atoms with Gasteiger partial charge in [0.25, 0.3) is 5.91 Å². The van der Waals surface area contributed by atoms with Crippen LogP contribution < -0.4 is 5.32 Å². The molecule has 1 amide bonds. The molecule has 0 saturated carbocycles. The minimum Gasteiger partial charge on any atom is -0.507 e. The number of H-pyrrole nitrogens is 1. The number of carbonyl (C=O) groups is 2. The van der Waals surface area contributed by atoms with Crippen LogP contribution in [0.5, 0.6) is 11.5 Å². The van der Waals surface area contributed by atoms with Crippen LogP contribution in [0.2, 0.25) is 0 Å². The molecule has 0 fully saturated rings. The second kappa shape index (κ2) is 8.35. The van der Waals surface area contributed by atoms with Gasteiger partial charge in [-0.25, -0.2) is 0 Å². The molecular weight excluding hydrogens is 432 g/mol. The van der Waals surface area contributed by atoms with Gasteiger partial charge in [0.05, 0.1) is 28.5 Å². The summed E-state index contributed by atoms with van der Waals surface area (Å²) in [4.78, 5) is 27.0. The van der Waals surface area contributed by atoms with Gasteiger partial charge in [0.2, 0.25) is 0 Å². The Kier molecular flexibility index (Phi) is 5.58. The Bertz CT molecular complexity index is 1290. The molecule has 0 spiro atoms. The van der Waals surface area contributed by atoms with E-state index in [4.69, 9.17) is 5.11 Å². The molecule has 4 rings (SSSR count). The minimum atomic E-state index is -1.59. The standard InChI is InChI=1S/C23H20N2O6S/c1-12-13(7-22(28)29)10-24-19(12)9-16-15-8-14(5-6-18(15)25-23(16)30)32(31)11-17-20(26)3-2-4-21(17)27/h2-6,8-10,24,26-27H,7,11H2,1H3,(H,25,30)(H,28,29)/b16-9-. The van der Waals surface area contributed by atoms with Crippen molar-refractivity contribution in [2.24, 2.45) is 0 Å². The van der Waals surface area contributed by atoms with E-state index in [1.54, 1.807) is 37.4 Å². The first-order valence-electron chi connectivity index (χ1n) is 9.69. The highest BCUT2D eigenvalue weighted by atomic mass is 32.2. The van der Waals surface area contributed by atoms with E-state index in [1.807, 2.05) is 0 Å². The third kappa shape index (κ3) is 4.02. The molecule has 164 valence electrons. The molecule has 1 atom stereocenters. The maximum atomic E-state index is 12.9. The summed E-state index contributed by atoms with van der Waals surface area (Å²) in [5, 5.41) is 31.7. The van der Waals surface area contributed by atoms with Gasteiger partial charge in [-0.3, -0.25) is 13.8 Å². The largest absolute Gasteiger partial charge is 0.507 e. The lowest BCUT2D eigenvalue weighted by atomic mass is 10.0. The molecule has 1 aromatic heterocycles. The number of hydrogen-bond acceptors (Lipinski definition) is 5. The molecule has 0 bridgehead atoms. The average molecular weight is 452 g/mol. The van der Waals surface area contributed by atoms with Gasteiger partial charge in [0.15, 0.2) is 0 Å². The number of benzene rings is 2. The fourth-order valence-electron chi connectivity index (χ4n) is 3.57. The lowest BCUT2D eigenvalue weighted by molar-refractivity contribution is -0.136. The molecule has 1 aliphatic heterocycles. The Hall–Kier alpha value is -3.85. The Labute approximate surface area is 185 Å². The van der Waals surface area contributed by atoms with Crippen LogP contribution in [0, 0.1) is 6.92 Å². The summed E-state index contributed by atoms with van der Waals surface area (Å²) in [5.41, 5.74) is 3.65. The zero-order valence-electron chi connectivity index (χ0n) is 17.0. The summed E-state index contributed by atoms with van der Waals surface area (Å²) < 4.78 is 12.9. The molecule has 3 aromatic rings. The zero-order valence-corrected chi connectivity index (χ0v) is 17.8. The summed E-state index contributed by atoms with van der Waals surface area (Å²) in [6, 6.07) is 9.24. The van der Waals surface area contributed by atoms with Crippen molar-refractivity contribution in [2.45, 2.75) is 24.0 Å². The van der Waals surface area contributed by atoms with Gasteiger partial charge >= 0.3 is 5.97 Å². The third-order valence-electron chi connectivity index (χ3n) is 5.36. The van der Waals surface area contributed by atoms with Crippen molar-refractivity contribution in [1.82, 2.24) is 4.98 Å². The molecule has 0 radical (unpaired) electrons. The maximum Gasteiger partial charge on any atom is 0.307 e. The van der Waals surface area contributed by atoms with Crippen molar-refractivity contribution >= 4 is 40.0 Å². The van der Waals surface area contributed by atoms with Crippen molar-refractivity contribution in [1.29, 1.82) is 0 Å². The number of phenolic OH excluding ortho intramolecular Hbond substituents is 2. The number of anilines is 1. The fourth-order valence-corrected chi connectivity index (χ4v) is 4.77. The van der Waals surface area contributed by atoms with Crippen molar-refractivity contribution in [3.8, 4) is 11.5 Å². The van der Waals surface area contributed by atoms with E-state index in [1.165, 1.54) is 18.2 Å². The van der Waals surface area contributed by atoms with Crippen LogP contribution in [0.4, 0.5) is 5.69 Å². The van der Waals surface area contributed by atoms with Crippen molar-refractivity contribution in [2.75, 3.05) is 5.32 Å². The summed E-state index contributed by atoms with van der Waals surface area (Å²) in [6.45, 7) is 1.78. The van der Waals surface area contributed by atoms with Crippen LogP contribution in [0.1, 0.15) is 27.9 Å². The van der Waals surface area contributed by atoms with E-state index >= 15 is 0 Å². The number of rotatable bonds is 6. The van der Waals surface area contributed by atoms with Gasteiger partial charge in [-0.2, -0.15) is 0 Å². The summed E-state index contributed by atoms with van der Waals surface area (Å²) >= 11 is 0. The second-order valence-corrected chi connectivity index (χ2v) is 8.86. The monoisotopic (exact) mass is 452 g/mol. The highest BCUT2D eigenvalue weighted by Crippen LogP contribution is 2.36. The van der Waals surface area contributed by atoms with E-state index in [0.717, 1.165) is 5.56 Å². The van der Waals surface area contributed by atoms with E-state index < -0.39 is 16.8 Å². The molecule has 2 heterocycles. The number of aromatic hydroxyl groups is 2. The fraction of sp³-hybridized carbons (Fsp3) is 0.130. The van der Waals surface area contributed by atoms with Crippen LogP contribution in [-0.2, 0) is 32.6 Å². The minimum absolute atomic E-state index is 0.0913. The Balaban J connectivity index is 1.67. The number of aliphatic carboxylic acids is 1. The van der Waals surface area contributed by atoms with Crippen molar-refractivity contribution in [3.05, 3.63) is 70.5 Å². The van der Waals surface area contributed by atoms with Crippen LogP contribution >= 0.6 is 0 Å². The first kappa shape index (κ1) is 21.4. The van der Waals surface area contributed by atoms with Gasteiger partial charge < -0.3 is 25.6 Å². The van der Waals surface area contributed by atoms with Crippen LogP contribution in [0.3, 0.4) is 0 Å². The molecule has 32 heavy (non-hydrogen) atoms. The summed E-state index contributed by atoms with van der Waals surface area (Å²) in [5.74, 6) is -1.65. The zero-order chi connectivity index (χ0) is 23.0. The topological polar surface area (TPSA) is 140 Å². The smallest absolute Gasteiger partial charge is 0.307 e. The number of amides is 1. The maximum absolute atomic E-state index is 12.9. The average Bonchev–Trinajstić information content (AvgIpc) is 3.24. The molecule has 5 N–H and O–H groups in total. The molecule has 0 aliphatic carbocycles. The number of aromatic nitrogens is 1. The van der Waals surface area contributed by atoms with Gasteiger partial charge in [0.1, 0.15) is 11.5 Å². The Morgan fingerprint density at radius 2 is 1.88 bits per heavy atom. The summed E-state index contributed by atoms with van der Waals surface area (Å²) in [6.07, 6.45) is 3.12. The number of hydrogen-bond donors (Lipinski definition) is 5. The molecule has 1 unspecified atom stereocenters. The normalized spacial score (nSPS) is 14.9. The Morgan fingerprint density at radius 1 is 1.16 bits per heavy atom. The van der Waals surface area contributed by atoms with Gasteiger partial charge in [-0.05, 0) is 54.5 Å². The SMILES string of the molecule is Cc1c(CC(=O)O)c[nH]c1/C=C1\C(=O)Nc2ccc(S(=O)Cc3c(O)cccc3O)cc21. The summed E-state index contributed by atoms with van der Waals surface area (Å²) in [7, 11) is -1.59. The van der Waals surface area contributed by atoms with E-state index in [9.17, 15) is 24.0 Å². The molecule has 0 saturated heterocycles. The van der Waals surface area contributed by atoms with Crippen molar-refractivity contribution < 1.29 is 29.1 Å². The second-order valence-electron chi connectivity index (χ2n) is 7.41. The quantitative estimate of drug-likeness (QED) is 0.364. The number of fused-ring (bicyclic) bond motifs is 1. The third-order valence-corrected chi connectivity index (χ3v) is 6.69. The lowest BCUT2D eigenvalue weighted by Gasteiger charge is -2.08. The van der Waals surface area contributed by atoms with Gasteiger partial charge in [-0.1, -0.05) is 6.07 Å². The molecule has 1 aliphatic rings. The molecular formula is C23H20N2O6S. The first-order chi connectivity index (χ1) is 15.2. The highest BCUT2D eigenvalue weighted by Gasteiger charge is 2.26. The number of carbonyl (C=O) groups excluding carboxylic acids is 1. The van der Waals surface area contributed by atoms with E-state index in [2.05, 4.69) is 10.3 Å². The predicted octanol–water partition coefficient (Wildman–Crippen LogP) is 3.16. The number of nitrogens with one attached hydrogen (secondary N) is 2. The molecule has 2 aromatic carbocycles. The predicted molar refractivity (Wildman–Crippen MR) is 120 cm³/mol. The number of aromatic amines is 1. The first-order valence-corrected chi connectivity index (χ1v) is 11.0. The van der Waals surface area contributed by atoms with Crippen LogP contribution in [-0.4, -0.2) is 36.4 Å². The number of carboxylic acids is 1. The number of phenols is 2. The van der Waals surface area contributed by atoms with Crippen LogP contribution in [0.25, 0.3) is 11.6 Å². The van der Waals surface area contributed by atoms with Crippen LogP contribution in [0.15, 0.2) is 47.5 Å². The highest BCUT2D eigenvalue weighted by molar-refractivity contribution is 7.84. The molecule has 8 nitrogen and oxygen atoms in total. The van der Waals surface area contributed by atoms with Gasteiger partial charge in [-0.15, -0.1) is 0 Å². The number of carboxylic acid groups (broad SMARTS) is 1. The van der Waals surface area contributed by atoms with Crippen molar-refractivity contribution in [3.63, 3.8) is 0 Å². The Morgan fingerprint density at radius 3 is 2.56 bits per heavy atom. The molecule has 9 heteroatoms. The van der Waals surface area contributed by atoms with E-state index in [0.29, 0.717) is 33.0 Å². The van der Waals surface area contributed by atoms with Gasteiger partial charge in [0, 0.05) is 33.6 Å².